The third-order valence-electron chi connectivity index (χ3n) is 3.77. The molecule has 2 unspecified atom stereocenters. The molecule has 6 heteroatoms. The van der Waals surface area contributed by atoms with Gasteiger partial charge in [-0.05, 0) is 41.9 Å². The topological polar surface area (TPSA) is 24.5 Å². The molecule has 1 aliphatic heterocycles. The third kappa shape index (κ3) is 3.01. The Kier molecular flexibility index (Phi) is 4.51. The van der Waals surface area contributed by atoms with E-state index >= 15 is 0 Å². The summed E-state index contributed by atoms with van der Waals surface area (Å²) in [6.45, 7) is 2.74. The van der Waals surface area contributed by atoms with E-state index in [1.54, 1.807) is 11.3 Å². The molecule has 0 spiro atoms. The zero-order valence-electron chi connectivity index (χ0n) is 10.9. The highest BCUT2D eigenvalue weighted by atomic mass is 79.9. The first kappa shape index (κ1) is 14.3. The van der Waals surface area contributed by atoms with Crippen molar-refractivity contribution in [3.63, 3.8) is 0 Å². The van der Waals surface area contributed by atoms with Crippen LogP contribution in [0.5, 0.6) is 0 Å². The Labute approximate surface area is 131 Å². The maximum absolute atomic E-state index is 6.21. The second-order valence-electron chi connectivity index (χ2n) is 5.15. The summed E-state index contributed by atoms with van der Waals surface area (Å²) in [6, 6.07) is 3.24. The molecule has 0 aromatic carbocycles. The van der Waals surface area contributed by atoms with Crippen molar-refractivity contribution in [3.05, 3.63) is 19.8 Å². The normalized spacial score (nSPS) is 28.8. The van der Waals surface area contributed by atoms with Crippen LogP contribution in [0.2, 0.25) is 4.34 Å². The van der Waals surface area contributed by atoms with E-state index < -0.39 is 0 Å². The summed E-state index contributed by atoms with van der Waals surface area (Å²) >= 11 is 11.4. The van der Waals surface area contributed by atoms with Crippen LogP contribution in [0.1, 0.15) is 23.8 Å². The Morgan fingerprint density at radius 2 is 2.37 bits per heavy atom. The summed E-state index contributed by atoms with van der Waals surface area (Å²) in [4.78, 5) is 3.92. The van der Waals surface area contributed by atoms with E-state index in [2.05, 4.69) is 32.2 Å². The second kappa shape index (κ2) is 6.00. The number of thiophene rings is 1. The fourth-order valence-electron chi connectivity index (χ4n) is 2.80. The average Bonchev–Trinajstić information content (AvgIpc) is 3.17. The third-order valence-corrected chi connectivity index (χ3v) is 6.31. The van der Waals surface area contributed by atoms with Gasteiger partial charge in [-0.15, -0.1) is 11.3 Å². The summed E-state index contributed by atoms with van der Waals surface area (Å²) in [5.41, 5.74) is 0. The van der Waals surface area contributed by atoms with Crippen LogP contribution < -0.4 is 5.32 Å². The van der Waals surface area contributed by atoms with Crippen molar-refractivity contribution in [1.82, 2.24) is 10.2 Å². The molecule has 3 rings (SSSR count). The first-order valence-electron chi connectivity index (χ1n) is 6.67. The maximum atomic E-state index is 6.21. The summed E-state index contributed by atoms with van der Waals surface area (Å²) in [5.74, 6) is 0. The van der Waals surface area contributed by atoms with Crippen LogP contribution in [-0.2, 0) is 4.74 Å². The predicted molar refractivity (Wildman–Crippen MR) is 83.2 cm³/mol. The van der Waals surface area contributed by atoms with Crippen molar-refractivity contribution in [2.24, 2.45) is 0 Å². The zero-order valence-corrected chi connectivity index (χ0v) is 14.0. The van der Waals surface area contributed by atoms with E-state index in [1.165, 1.54) is 17.7 Å². The van der Waals surface area contributed by atoms with Crippen molar-refractivity contribution in [3.8, 4) is 0 Å². The van der Waals surface area contributed by atoms with Crippen LogP contribution in [0.25, 0.3) is 0 Å². The minimum absolute atomic E-state index is 0.209. The van der Waals surface area contributed by atoms with Gasteiger partial charge in [0.25, 0.3) is 0 Å². The first-order chi connectivity index (χ1) is 9.20. The highest BCUT2D eigenvalue weighted by molar-refractivity contribution is 9.10. The molecule has 2 aliphatic rings. The molecule has 1 N–H and O–H groups in total. The van der Waals surface area contributed by atoms with E-state index in [0.717, 1.165) is 34.5 Å². The standard InChI is InChI=1S/C13H18BrClN2OS/c1-16-7-10-12(11-6-9(14)13(15)19-11)17(4-5-18-10)8-2-3-8/h6,8,10,12,16H,2-5,7H2,1H3. The smallest absolute Gasteiger partial charge is 0.107 e. The molecule has 3 nitrogen and oxygen atoms in total. The molecule has 1 aliphatic carbocycles. The maximum Gasteiger partial charge on any atom is 0.107 e. The number of ether oxygens (including phenoxy) is 1. The highest BCUT2D eigenvalue weighted by Gasteiger charge is 2.41. The van der Waals surface area contributed by atoms with Crippen LogP contribution >= 0.6 is 38.9 Å². The van der Waals surface area contributed by atoms with Crippen molar-refractivity contribution in [2.75, 3.05) is 26.7 Å². The summed E-state index contributed by atoms with van der Waals surface area (Å²) in [5, 5.41) is 3.25. The number of rotatable bonds is 4. The molecule has 1 aromatic heterocycles. The van der Waals surface area contributed by atoms with Gasteiger partial charge in [0, 0.05) is 28.5 Å². The number of halogens is 2. The molecular weight excluding hydrogens is 348 g/mol. The SMILES string of the molecule is CNCC1OCCN(C2CC2)C1c1cc(Br)c(Cl)s1. The van der Waals surface area contributed by atoms with Crippen LogP contribution in [0.3, 0.4) is 0 Å². The molecule has 19 heavy (non-hydrogen) atoms. The Hall–Kier alpha value is 0.350. The molecule has 0 amide bonds. The average molecular weight is 366 g/mol. The van der Waals surface area contributed by atoms with E-state index in [1.807, 2.05) is 7.05 Å². The van der Waals surface area contributed by atoms with Crippen LogP contribution in [0, 0.1) is 0 Å². The van der Waals surface area contributed by atoms with Gasteiger partial charge in [-0.25, -0.2) is 0 Å². The van der Waals surface area contributed by atoms with Crippen molar-refractivity contribution in [1.29, 1.82) is 0 Å². The lowest BCUT2D eigenvalue weighted by Gasteiger charge is -2.41. The second-order valence-corrected chi connectivity index (χ2v) is 7.69. The van der Waals surface area contributed by atoms with Gasteiger partial charge in [0.1, 0.15) is 4.34 Å². The predicted octanol–water partition coefficient (Wildman–Crippen LogP) is 3.29. The highest BCUT2D eigenvalue weighted by Crippen LogP contribution is 2.43. The molecule has 1 aromatic rings. The Balaban J connectivity index is 1.89. The lowest BCUT2D eigenvalue weighted by atomic mass is 10.0. The summed E-state index contributed by atoms with van der Waals surface area (Å²) < 4.78 is 7.82. The van der Waals surface area contributed by atoms with E-state index in [4.69, 9.17) is 16.3 Å². The first-order valence-corrected chi connectivity index (χ1v) is 8.66. The summed E-state index contributed by atoms with van der Waals surface area (Å²) in [6.07, 6.45) is 2.85. The van der Waals surface area contributed by atoms with Gasteiger partial charge in [0.2, 0.25) is 0 Å². The molecule has 2 heterocycles. The van der Waals surface area contributed by atoms with E-state index in [0.29, 0.717) is 6.04 Å². The van der Waals surface area contributed by atoms with Gasteiger partial charge >= 0.3 is 0 Å². The minimum atomic E-state index is 0.209. The van der Waals surface area contributed by atoms with Crippen molar-refractivity contribution in [2.45, 2.75) is 31.0 Å². The number of nitrogens with zero attached hydrogens (tertiary/aromatic N) is 1. The van der Waals surface area contributed by atoms with Gasteiger partial charge in [-0.1, -0.05) is 11.6 Å². The van der Waals surface area contributed by atoms with Crippen LogP contribution in [0.4, 0.5) is 0 Å². The number of hydrogen-bond donors (Lipinski definition) is 1. The number of morpholine rings is 1. The fourth-order valence-corrected chi connectivity index (χ4v) is 4.71. The van der Waals surface area contributed by atoms with Gasteiger partial charge in [0.15, 0.2) is 0 Å². The molecular formula is C13H18BrClN2OS. The largest absolute Gasteiger partial charge is 0.374 e. The van der Waals surface area contributed by atoms with Crippen molar-refractivity contribution < 1.29 is 4.74 Å². The van der Waals surface area contributed by atoms with Gasteiger partial charge in [-0.3, -0.25) is 4.90 Å². The Morgan fingerprint density at radius 1 is 1.58 bits per heavy atom. The molecule has 2 fully saturated rings. The monoisotopic (exact) mass is 364 g/mol. The van der Waals surface area contributed by atoms with Crippen LogP contribution in [-0.4, -0.2) is 43.8 Å². The Bertz CT molecular complexity index is 430. The molecule has 106 valence electrons. The van der Waals surface area contributed by atoms with E-state index in [9.17, 15) is 0 Å². The lowest BCUT2D eigenvalue weighted by molar-refractivity contribution is -0.0728. The van der Waals surface area contributed by atoms with Crippen molar-refractivity contribution >= 4 is 38.9 Å². The minimum Gasteiger partial charge on any atom is -0.374 e. The fraction of sp³-hybridized carbons (Fsp3) is 0.692. The van der Waals surface area contributed by atoms with Gasteiger partial charge in [-0.2, -0.15) is 0 Å². The molecule has 1 saturated heterocycles. The number of nitrogens with one attached hydrogen (secondary N) is 1. The molecule has 0 bridgehead atoms. The van der Waals surface area contributed by atoms with Gasteiger partial charge < -0.3 is 10.1 Å². The molecule has 2 atom stereocenters. The number of likely N-dealkylation sites (N-methyl/N-ethyl adjacent to an activating group) is 1. The van der Waals surface area contributed by atoms with E-state index in [-0.39, 0.29) is 6.10 Å². The zero-order chi connectivity index (χ0) is 13.4. The van der Waals surface area contributed by atoms with Crippen LogP contribution in [0.15, 0.2) is 10.5 Å². The number of hydrogen-bond acceptors (Lipinski definition) is 4. The quantitative estimate of drug-likeness (QED) is 0.886. The summed E-state index contributed by atoms with van der Waals surface area (Å²) in [7, 11) is 1.98. The lowest BCUT2D eigenvalue weighted by Crippen LogP contribution is -2.49. The molecule has 1 saturated carbocycles. The molecule has 0 radical (unpaired) electrons. The Morgan fingerprint density at radius 3 is 2.95 bits per heavy atom. The van der Waals surface area contributed by atoms with Gasteiger partial charge in [0.05, 0.1) is 18.8 Å².